The second kappa shape index (κ2) is 6.57. The monoisotopic (exact) mass is 268 g/mol. The van der Waals surface area contributed by atoms with Crippen molar-refractivity contribution in [3.05, 3.63) is 0 Å². The summed E-state index contributed by atoms with van der Waals surface area (Å²) in [6.45, 7) is 4.61. The van der Waals surface area contributed by atoms with E-state index in [1.54, 1.807) is 0 Å². The summed E-state index contributed by atoms with van der Waals surface area (Å²) in [5.74, 6) is 1.26. The van der Waals surface area contributed by atoms with Gasteiger partial charge in [0.1, 0.15) is 5.84 Å². The molecule has 1 saturated carbocycles. The molecule has 0 unspecified atom stereocenters. The van der Waals surface area contributed by atoms with Gasteiger partial charge in [0.05, 0.1) is 0 Å². The van der Waals surface area contributed by atoms with Gasteiger partial charge in [-0.05, 0) is 70.1 Å². The summed E-state index contributed by atoms with van der Waals surface area (Å²) >= 11 is 0. The molecule has 0 bridgehead atoms. The zero-order valence-electron chi connectivity index (χ0n) is 12.1. The first-order valence-corrected chi connectivity index (χ1v) is 7.49. The zero-order chi connectivity index (χ0) is 13.7. The average Bonchev–Trinajstić information content (AvgIpc) is 3.17. The highest BCUT2D eigenvalue weighted by Gasteiger charge is 2.42. The fourth-order valence-electron chi connectivity index (χ4n) is 3.02. The van der Waals surface area contributed by atoms with Crippen LogP contribution in [0.25, 0.3) is 0 Å². The Balaban J connectivity index is 1.57. The molecule has 1 aliphatic heterocycles. The van der Waals surface area contributed by atoms with Gasteiger partial charge < -0.3 is 21.2 Å². The standard InChI is InChI=1S/C14H28N4O/c1-18-8-3-12(4-9-18)2-7-16-11-14(5-6-14)10-13(15)17-19/h12,16,19H,2-11H2,1H3,(H2,15,17). The first kappa shape index (κ1) is 14.6. The molecule has 0 aromatic heterocycles. The lowest BCUT2D eigenvalue weighted by atomic mass is 9.93. The third kappa shape index (κ3) is 4.66. The average molecular weight is 268 g/mol. The smallest absolute Gasteiger partial charge is 0.139 e. The summed E-state index contributed by atoms with van der Waals surface area (Å²) in [6.07, 6.45) is 7.09. The molecule has 110 valence electrons. The minimum atomic E-state index is 0.281. The van der Waals surface area contributed by atoms with E-state index < -0.39 is 0 Å². The highest BCUT2D eigenvalue weighted by Crippen LogP contribution is 2.48. The van der Waals surface area contributed by atoms with Gasteiger partial charge in [-0.15, -0.1) is 0 Å². The van der Waals surface area contributed by atoms with E-state index >= 15 is 0 Å². The lowest BCUT2D eigenvalue weighted by molar-refractivity contribution is 0.211. The Bertz CT molecular complexity index is 307. The quantitative estimate of drug-likeness (QED) is 0.213. The molecular weight excluding hydrogens is 240 g/mol. The minimum absolute atomic E-state index is 0.281. The molecule has 5 nitrogen and oxygen atoms in total. The van der Waals surface area contributed by atoms with E-state index in [0.29, 0.717) is 5.84 Å². The van der Waals surface area contributed by atoms with Gasteiger partial charge in [-0.1, -0.05) is 5.16 Å². The van der Waals surface area contributed by atoms with Crippen LogP contribution in [-0.2, 0) is 0 Å². The molecule has 5 heteroatoms. The first-order chi connectivity index (χ1) is 9.13. The molecule has 2 aliphatic rings. The topological polar surface area (TPSA) is 73.9 Å². The summed E-state index contributed by atoms with van der Waals surface area (Å²) in [4.78, 5) is 2.42. The van der Waals surface area contributed by atoms with Crippen molar-refractivity contribution in [3.63, 3.8) is 0 Å². The molecule has 0 spiro atoms. The van der Waals surface area contributed by atoms with Crippen LogP contribution < -0.4 is 11.1 Å². The Hall–Kier alpha value is -0.810. The van der Waals surface area contributed by atoms with Gasteiger partial charge in [0.25, 0.3) is 0 Å². The molecule has 0 amide bonds. The van der Waals surface area contributed by atoms with Crippen LogP contribution in [0.5, 0.6) is 0 Å². The van der Waals surface area contributed by atoms with Crippen LogP contribution in [0.1, 0.15) is 38.5 Å². The maximum Gasteiger partial charge on any atom is 0.139 e. The molecule has 0 radical (unpaired) electrons. The molecule has 2 rings (SSSR count). The summed E-state index contributed by atoms with van der Waals surface area (Å²) in [7, 11) is 2.21. The highest BCUT2D eigenvalue weighted by molar-refractivity contribution is 5.80. The van der Waals surface area contributed by atoms with E-state index in [4.69, 9.17) is 10.9 Å². The Labute approximate surface area is 116 Å². The van der Waals surface area contributed by atoms with Gasteiger partial charge in [0.2, 0.25) is 0 Å². The Morgan fingerprint density at radius 3 is 2.68 bits per heavy atom. The number of hydrogen-bond donors (Lipinski definition) is 3. The number of oxime groups is 1. The van der Waals surface area contributed by atoms with Gasteiger partial charge in [-0.25, -0.2) is 0 Å². The molecule has 1 heterocycles. The van der Waals surface area contributed by atoms with Crippen LogP contribution in [0.15, 0.2) is 5.16 Å². The molecule has 2 fully saturated rings. The fourth-order valence-corrected chi connectivity index (χ4v) is 3.02. The molecule has 0 aromatic rings. The van der Waals surface area contributed by atoms with Crippen molar-refractivity contribution >= 4 is 5.84 Å². The number of nitrogens with one attached hydrogen (secondary N) is 1. The van der Waals surface area contributed by atoms with Crippen molar-refractivity contribution in [2.75, 3.05) is 33.2 Å². The Kier molecular flexibility index (Phi) is 5.05. The zero-order valence-corrected chi connectivity index (χ0v) is 12.1. The second-order valence-corrected chi connectivity index (χ2v) is 6.48. The van der Waals surface area contributed by atoms with Gasteiger partial charge in [-0.2, -0.15) is 0 Å². The number of rotatable bonds is 7. The van der Waals surface area contributed by atoms with Gasteiger partial charge in [-0.3, -0.25) is 0 Å². The number of nitrogens with zero attached hydrogens (tertiary/aromatic N) is 2. The SMILES string of the molecule is CN1CCC(CCNCC2(CC(N)=NO)CC2)CC1. The summed E-state index contributed by atoms with van der Waals surface area (Å²) < 4.78 is 0. The van der Waals surface area contributed by atoms with Crippen LogP contribution in [0.4, 0.5) is 0 Å². The molecular formula is C14H28N4O. The molecule has 1 saturated heterocycles. The summed E-state index contributed by atoms with van der Waals surface area (Å²) in [5.41, 5.74) is 5.88. The van der Waals surface area contributed by atoms with Crippen molar-refractivity contribution in [2.45, 2.75) is 38.5 Å². The van der Waals surface area contributed by atoms with Gasteiger partial charge in [0.15, 0.2) is 0 Å². The molecule has 4 N–H and O–H groups in total. The number of likely N-dealkylation sites (tertiary alicyclic amines) is 1. The fraction of sp³-hybridized carbons (Fsp3) is 0.929. The van der Waals surface area contributed by atoms with Crippen molar-refractivity contribution < 1.29 is 5.21 Å². The Morgan fingerprint density at radius 2 is 2.11 bits per heavy atom. The first-order valence-electron chi connectivity index (χ1n) is 7.49. The van der Waals surface area contributed by atoms with E-state index in [0.717, 1.165) is 25.4 Å². The predicted octanol–water partition coefficient (Wildman–Crippen LogP) is 1.22. The van der Waals surface area contributed by atoms with Gasteiger partial charge in [0, 0.05) is 13.0 Å². The third-order valence-electron chi connectivity index (χ3n) is 4.71. The minimum Gasteiger partial charge on any atom is -0.409 e. The lowest BCUT2D eigenvalue weighted by Gasteiger charge is -2.29. The second-order valence-electron chi connectivity index (χ2n) is 6.48. The molecule has 19 heavy (non-hydrogen) atoms. The van der Waals surface area contributed by atoms with E-state index in [-0.39, 0.29) is 5.41 Å². The third-order valence-corrected chi connectivity index (χ3v) is 4.71. The normalized spacial score (nSPS) is 24.6. The number of hydrogen-bond acceptors (Lipinski definition) is 4. The van der Waals surface area contributed by atoms with Crippen LogP contribution in [0, 0.1) is 11.3 Å². The molecule has 0 aromatic carbocycles. The maximum atomic E-state index is 8.63. The van der Waals surface area contributed by atoms with Crippen LogP contribution >= 0.6 is 0 Å². The highest BCUT2D eigenvalue weighted by atomic mass is 16.4. The van der Waals surface area contributed by atoms with E-state index in [1.165, 1.54) is 45.2 Å². The van der Waals surface area contributed by atoms with E-state index in [2.05, 4.69) is 22.4 Å². The predicted molar refractivity (Wildman–Crippen MR) is 77.4 cm³/mol. The summed E-state index contributed by atoms with van der Waals surface area (Å²) in [6, 6.07) is 0. The number of nitrogens with two attached hydrogens (primary N) is 1. The van der Waals surface area contributed by atoms with Crippen molar-refractivity contribution in [3.8, 4) is 0 Å². The maximum absolute atomic E-state index is 8.63. The van der Waals surface area contributed by atoms with Crippen molar-refractivity contribution in [2.24, 2.45) is 22.2 Å². The largest absolute Gasteiger partial charge is 0.409 e. The van der Waals surface area contributed by atoms with Gasteiger partial charge >= 0.3 is 0 Å². The van der Waals surface area contributed by atoms with E-state index in [9.17, 15) is 0 Å². The van der Waals surface area contributed by atoms with Crippen molar-refractivity contribution in [1.82, 2.24) is 10.2 Å². The Morgan fingerprint density at radius 1 is 1.42 bits per heavy atom. The number of amidine groups is 1. The number of piperidine rings is 1. The van der Waals surface area contributed by atoms with Crippen LogP contribution in [0.2, 0.25) is 0 Å². The van der Waals surface area contributed by atoms with Crippen molar-refractivity contribution in [1.29, 1.82) is 0 Å². The molecule has 1 aliphatic carbocycles. The summed E-state index contributed by atoms with van der Waals surface area (Å²) in [5, 5.41) is 15.3. The lowest BCUT2D eigenvalue weighted by Crippen LogP contribution is -2.33. The van der Waals surface area contributed by atoms with E-state index in [1.807, 2.05) is 0 Å². The molecule has 0 atom stereocenters. The van der Waals surface area contributed by atoms with Crippen LogP contribution in [-0.4, -0.2) is 49.2 Å². The van der Waals surface area contributed by atoms with Crippen LogP contribution in [0.3, 0.4) is 0 Å².